The molecule has 1 aliphatic rings. The van der Waals surface area contributed by atoms with Gasteiger partial charge >= 0.3 is 0 Å². The number of imidazole rings is 1. The van der Waals surface area contributed by atoms with E-state index in [1.807, 2.05) is 13.0 Å². The molecule has 1 saturated heterocycles. The Morgan fingerprint density at radius 3 is 2.69 bits per heavy atom. The van der Waals surface area contributed by atoms with E-state index < -0.39 is 11.6 Å². The van der Waals surface area contributed by atoms with E-state index in [4.69, 9.17) is 0 Å². The highest BCUT2D eigenvalue weighted by molar-refractivity contribution is 5.75. The molecule has 0 spiro atoms. The van der Waals surface area contributed by atoms with Crippen LogP contribution in [0.1, 0.15) is 24.2 Å². The lowest BCUT2D eigenvalue weighted by Gasteiger charge is -2.34. The van der Waals surface area contributed by atoms with Crippen LogP contribution >= 0.6 is 0 Å². The Hall–Kier alpha value is -2.47. The summed E-state index contributed by atoms with van der Waals surface area (Å²) in [5, 5.41) is 3.61. The van der Waals surface area contributed by atoms with Crippen LogP contribution in [0.3, 0.4) is 0 Å². The Balaban J connectivity index is 1.32. The van der Waals surface area contributed by atoms with Gasteiger partial charge in [-0.05, 0) is 49.6 Å². The summed E-state index contributed by atoms with van der Waals surface area (Å²) in [6.07, 6.45) is 1.95. The molecule has 0 amide bonds. The van der Waals surface area contributed by atoms with Crippen LogP contribution in [0.2, 0.25) is 0 Å². The average molecular weight is 356 g/mol. The number of aromatic amines is 1. The van der Waals surface area contributed by atoms with Gasteiger partial charge in [-0.25, -0.2) is 13.8 Å². The molecule has 3 aromatic rings. The van der Waals surface area contributed by atoms with E-state index in [0.29, 0.717) is 6.04 Å². The highest BCUT2D eigenvalue weighted by Crippen LogP contribution is 2.22. The maximum Gasteiger partial charge on any atom is 0.160 e. The van der Waals surface area contributed by atoms with E-state index in [1.54, 1.807) is 6.07 Å². The lowest BCUT2D eigenvalue weighted by molar-refractivity contribution is 0.413. The number of fused-ring (bicyclic) bond motifs is 1. The van der Waals surface area contributed by atoms with Gasteiger partial charge in [0.15, 0.2) is 11.6 Å². The number of halogens is 2. The van der Waals surface area contributed by atoms with Crippen molar-refractivity contribution >= 4 is 16.7 Å². The Kier molecular flexibility index (Phi) is 4.59. The van der Waals surface area contributed by atoms with Gasteiger partial charge in [-0.15, -0.1) is 0 Å². The molecule has 4 nitrogen and oxygen atoms in total. The molecule has 0 saturated carbocycles. The van der Waals surface area contributed by atoms with Crippen LogP contribution in [0.5, 0.6) is 0 Å². The second kappa shape index (κ2) is 7.03. The molecule has 0 radical (unpaired) electrons. The third kappa shape index (κ3) is 3.55. The van der Waals surface area contributed by atoms with Crippen LogP contribution in [0.25, 0.3) is 11.0 Å². The van der Waals surface area contributed by atoms with Crippen molar-refractivity contribution in [1.29, 1.82) is 0 Å². The van der Waals surface area contributed by atoms with Crippen LogP contribution in [0.4, 0.5) is 14.5 Å². The van der Waals surface area contributed by atoms with Crippen LogP contribution in [-0.2, 0) is 6.54 Å². The lowest BCUT2D eigenvalue weighted by atomic mass is 10.0. The Bertz CT molecular complexity index is 913. The minimum absolute atomic E-state index is 0.427. The van der Waals surface area contributed by atoms with Crippen molar-refractivity contribution < 1.29 is 8.78 Å². The first kappa shape index (κ1) is 17.0. The summed E-state index contributed by atoms with van der Waals surface area (Å²) in [7, 11) is 0. The zero-order valence-corrected chi connectivity index (χ0v) is 14.7. The molecule has 136 valence electrons. The summed E-state index contributed by atoms with van der Waals surface area (Å²) >= 11 is 0. The van der Waals surface area contributed by atoms with Gasteiger partial charge in [-0.3, -0.25) is 0 Å². The van der Waals surface area contributed by atoms with E-state index >= 15 is 0 Å². The van der Waals surface area contributed by atoms with Crippen LogP contribution in [0, 0.1) is 18.6 Å². The molecule has 6 heteroatoms. The molecule has 2 heterocycles. The van der Waals surface area contributed by atoms with Crippen LogP contribution in [-0.4, -0.2) is 29.1 Å². The summed E-state index contributed by atoms with van der Waals surface area (Å²) in [5.74, 6) is -0.656. The molecule has 2 N–H and O–H groups in total. The quantitative estimate of drug-likeness (QED) is 0.745. The first-order valence-electron chi connectivity index (χ1n) is 8.97. The summed E-state index contributed by atoms with van der Waals surface area (Å²) < 4.78 is 26.5. The normalized spacial score (nSPS) is 15.7. The second-order valence-electron chi connectivity index (χ2n) is 6.91. The number of anilines is 1. The minimum atomic E-state index is -0.797. The van der Waals surface area contributed by atoms with Crippen molar-refractivity contribution in [1.82, 2.24) is 15.3 Å². The smallest absolute Gasteiger partial charge is 0.160 e. The fourth-order valence-electron chi connectivity index (χ4n) is 3.58. The van der Waals surface area contributed by atoms with E-state index in [0.717, 1.165) is 55.0 Å². The molecule has 0 bridgehead atoms. The lowest BCUT2D eigenvalue weighted by Crippen LogP contribution is -2.42. The van der Waals surface area contributed by atoms with Crippen molar-refractivity contribution in [2.24, 2.45) is 0 Å². The van der Waals surface area contributed by atoms with E-state index in [-0.39, 0.29) is 0 Å². The number of rotatable bonds is 4. The molecule has 1 aromatic heterocycles. The highest BCUT2D eigenvalue weighted by Gasteiger charge is 2.20. The van der Waals surface area contributed by atoms with Crippen molar-refractivity contribution in [3.05, 3.63) is 59.4 Å². The molecule has 0 atom stereocenters. The SMILES string of the molecule is Cc1nc2ccc(CNC3CCN(c4ccc(F)c(F)c4)CC3)cc2[nH]1. The number of hydrogen-bond donors (Lipinski definition) is 2. The monoisotopic (exact) mass is 356 g/mol. The maximum atomic E-state index is 13.4. The molecule has 1 fully saturated rings. The molecule has 0 aliphatic carbocycles. The van der Waals surface area contributed by atoms with E-state index in [2.05, 4.69) is 32.3 Å². The molecule has 26 heavy (non-hydrogen) atoms. The second-order valence-corrected chi connectivity index (χ2v) is 6.91. The molecule has 1 aliphatic heterocycles. The van der Waals surface area contributed by atoms with E-state index in [9.17, 15) is 8.78 Å². The number of H-pyrrole nitrogens is 1. The van der Waals surface area contributed by atoms with Gasteiger partial charge < -0.3 is 15.2 Å². The summed E-state index contributed by atoms with van der Waals surface area (Å²) in [6.45, 7) is 4.44. The van der Waals surface area contributed by atoms with Gasteiger partial charge in [0.25, 0.3) is 0 Å². The first-order chi connectivity index (χ1) is 12.6. The Morgan fingerprint density at radius 1 is 1.12 bits per heavy atom. The van der Waals surface area contributed by atoms with Crippen LogP contribution in [0.15, 0.2) is 36.4 Å². The predicted molar refractivity (Wildman–Crippen MR) is 99.3 cm³/mol. The first-order valence-corrected chi connectivity index (χ1v) is 8.97. The minimum Gasteiger partial charge on any atom is -0.371 e. The van der Waals surface area contributed by atoms with Gasteiger partial charge in [0.05, 0.1) is 11.0 Å². The maximum absolute atomic E-state index is 13.4. The topological polar surface area (TPSA) is 44.0 Å². The van der Waals surface area contributed by atoms with Crippen LogP contribution < -0.4 is 10.2 Å². The van der Waals surface area contributed by atoms with Crippen molar-refractivity contribution in [3.63, 3.8) is 0 Å². The number of benzene rings is 2. The number of aromatic nitrogens is 2. The largest absolute Gasteiger partial charge is 0.371 e. The third-order valence-electron chi connectivity index (χ3n) is 5.02. The fourth-order valence-corrected chi connectivity index (χ4v) is 3.58. The van der Waals surface area contributed by atoms with E-state index in [1.165, 1.54) is 17.7 Å². The number of nitrogens with zero attached hydrogens (tertiary/aromatic N) is 2. The summed E-state index contributed by atoms with van der Waals surface area (Å²) in [4.78, 5) is 9.80. The molecule has 2 aromatic carbocycles. The predicted octanol–water partition coefficient (Wildman–Crippen LogP) is 3.91. The van der Waals surface area contributed by atoms with Crippen molar-refractivity contribution in [2.75, 3.05) is 18.0 Å². The van der Waals surface area contributed by atoms with Gasteiger partial charge in [0.1, 0.15) is 5.82 Å². The molecule has 4 rings (SSSR count). The number of hydrogen-bond acceptors (Lipinski definition) is 3. The van der Waals surface area contributed by atoms with Gasteiger partial charge in [-0.2, -0.15) is 0 Å². The average Bonchev–Trinajstić information content (AvgIpc) is 3.02. The summed E-state index contributed by atoms with van der Waals surface area (Å²) in [6, 6.07) is 10.8. The third-order valence-corrected chi connectivity index (χ3v) is 5.02. The fraction of sp³-hybridized carbons (Fsp3) is 0.350. The van der Waals surface area contributed by atoms with Gasteiger partial charge in [0.2, 0.25) is 0 Å². The van der Waals surface area contributed by atoms with Gasteiger partial charge in [-0.1, -0.05) is 6.07 Å². The molecular weight excluding hydrogens is 334 g/mol. The highest BCUT2D eigenvalue weighted by atomic mass is 19.2. The summed E-state index contributed by atoms with van der Waals surface area (Å²) in [5.41, 5.74) is 4.03. The standard InChI is InChI=1S/C20H22F2N4/c1-13-24-19-5-2-14(10-20(19)25-13)12-23-15-6-8-26(9-7-15)16-3-4-17(21)18(22)11-16/h2-5,10-11,15,23H,6-9,12H2,1H3,(H,24,25). The zero-order chi connectivity index (χ0) is 18.1. The van der Waals surface area contributed by atoms with Gasteiger partial charge in [0, 0.05) is 37.4 Å². The van der Waals surface area contributed by atoms with Crippen molar-refractivity contribution in [3.8, 4) is 0 Å². The zero-order valence-electron chi connectivity index (χ0n) is 14.7. The number of aryl methyl sites for hydroxylation is 1. The molecular formula is C20H22F2N4. The Morgan fingerprint density at radius 2 is 1.92 bits per heavy atom. The van der Waals surface area contributed by atoms with Crippen molar-refractivity contribution in [2.45, 2.75) is 32.4 Å². The number of nitrogens with one attached hydrogen (secondary N) is 2. The Labute approximate surface area is 151 Å². The number of piperidine rings is 1. The molecule has 0 unspecified atom stereocenters.